The first-order valence-corrected chi connectivity index (χ1v) is 11.7. The molecule has 0 bridgehead atoms. The van der Waals surface area contributed by atoms with Gasteiger partial charge in [-0.3, -0.25) is 14.4 Å². The number of benzodiazepines with no additional fused rings is 1. The molecule has 0 radical (unpaired) electrons. The summed E-state index contributed by atoms with van der Waals surface area (Å²) in [5.74, 6) is -3.82. The lowest BCUT2D eigenvalue weighted by Gasteiger charge is -2.19. The number of hydrogen-bond acceptors (Lipinski definition) is 4. The quantitative estimate of drug-likeness (QED) is 0.517. The fraction of sp³-hybridized carbons (Fsp3) is 0.385. The molecule has 0 saturated heterocycles. The van der Waals surface area contributed by atoms with Crippen molar-refractivity contribution >= 4 is 29.1 Å². The van der Waals surface area contributed by atoms with E-state index in [0.717, 1.165) is 5.56 Å². The summed E-state index contributed by atoms with van der Waals surface area (Å²) in [6, 6.07) is 14.4. The number of alkyl halides is 3. The van der Waals surface area contributed by atoms with Crippen LogP contribution < -0.4 is 16.4 Å². The maximum Gasteiger partial charge on any atom is 0.389 e. The number of hydrogen-bond donors (Lipinski definition) is 3. The predicted molar refractivity (Wildman–Crippen MR) is 132 cm³/mol. The molecular formula is C26H31F3N4O3. The van der Waals surface area contributed by atoms with Crippen LogP contribution in [0.5, 0.6) is 0 Å². The van der Waals surface area contributed by atoms with Crippen LogP contribution in [0.15, 0.2) is 53.5 Å². The largest absolute Gasteiger partial charge is 0.389 e. The van der Waals surface area contributed by atoms with Gasteiger partial charge in [-0.05, 0) is 18.9 Å². The number of rotatable bonds is 7. The van der Waals surface area contributed by atoms with E-state index in [1.54, 1.807) is 49.4 Å². The highest BCUT2D eigenvalue weighted by Crippen LogP contribution is 2.28. The Bertz CT molecular complexity index is 1100. The topological polar surface area (TPSA) is 114 Å². The van der Waals surface area contributed by atoms with Gasteiger partial charge < -0.3 is 16.4 Å². The summed E-state index contributed by atoms with van der Waals surface area (Å²) >= 11 is 0. The van der Waals surface area contributed by atoms with E-state index in [2.05, 4.69) is 29.5 Å². The van der Waals surface area contributed by atoms with Gasteiger partial charge in [0.05, 0.1) is 11.4 Å². The second kappa shape index (κ2) is 12.9. The Labute approximate surface area is 208 Å². The van der Waals surface area contributed by atoms with Gasteiger partial charge in [-0.1, -0.05) is 68.8 Å². The third kappa shape index (κ3) is 8.21. The summed E-state index contributed by atoms with van der Waals surface area (Å²) in [6.07, 6.45) is -7.15. The van der Waals surface area contributed by atoms with Gasteiger partial charge in [-0.2, -0.15) is 13.2 Å². The number of benzene rings is 2. The third-order valence-electron chi connectivity index (χ3n) is 5.20. The van der Waals surface area contributed by atoms with Gasteiger partial charge in [0.25, 0.3) is 5.91 Å². The van der Waals surface area contributed by atoms with Gasteiger partial charge in [0, 0.05) is 29.9 Å². The lowest BCUT2D eigenvalue weighted by Crippen LogP contribution is -2.45. The van der Waals surface area contributed by atoms with E-state index in [-0.39, 0.29) is 0 Å². The summed E-state index contributed by atoms with van der Waals surface area (Å²) < 4.78 is 38.1. The van der Waals surface area contributed by atoms with Crippen molar-refractivity contribution in [2.24, 2.45) is 16.6 Å². The van der Waals surface area contributed by atoms with Crippen molar-refractivity contribution in [3.05, 3.63) is 65.2 Å². The summed E-state index contributed by atoms with van der Waals surface area (Å²) in [4.78, 5) is 41.4. The van der Waals surface area contributed by atoms with Crippen molar-refractivity contribution in [2.75, 3.05) is 5.32 Å². The molecule has 194 valence electrons. The minimum Gasteiger partial charge on any atom is -0.370 e. The molecule has 3 rings (SSSR count). The Kier molecular flexibility index (Phi) is 10.2. The summed E-state index contributed by atoms with van der Waals surface area (Å²) in [5.41, 5.74) is 8.17. The lowest BCUT2D eigenvalue weighted by atomic mass is 9.97. The second-order valence-corrected chi connectivity index (χ2v) is 8.47. The van der Waals surface area contributed by atoms with Crippen LogP contribution in [0.25, 0.3) is 0 Å². The number of primary amides is 1. The van der Waals surface area contributed by atoms with Gasteiger partial charge in [0.1, 0.15) is 0 Å². The predicted octanol–water partition coefficient (Wildman–Crippen LogP) is 4.48. The Morgan fingerprint density at radius 1 is 1.11 bits per heavy atom. The third-order valence-corrected chi connectivity index (χ3v) is 5.20. The molecule has 0 saturated carbocycles. The monoisotopic (exact) mass is 504 g/mol. The molecule has 0 aromatic heterocycles. The van der Waals surface area contributed by atoms with Crippen molar-refractivity contribution in [3.8, 4) is 0 Å². The molecule has 1 aliphatic heterocycles. The first-order valence-electron chi connectivity index (χ1n) is 11.7. The van der Waals surface area contributed by atoms with Crippen LogP contribution in [0.3, 0.4) is 0 Å². The molecule has 2 atom stereocenters. The number of aliphatic imine (C=N–C) groups is 1. The number of nitrogens with zero attached hydrogens (tertiary/aromatic N) is 1. The molecule has 0 fully saturated rings. The van der Waals surface area contributed by atoms with E-state index in [9.17, 15) is 27.6 Å². The number of carbonyl (C=O) groups is 3. The zero-order chi connectivity index (χ0) is 26.9. The number of anilines is 1. The number of para-hydroxylation sites is 1. The lowest BCUT2D eigenvalue weighted by molar-refractivity contribution is -0.143. The molecule has 4 N–H and O–H groups in total. The Balaban J connectivity index is 0.00000145. The number of amides is 3. The van der Waals surface area contributed by atoms with Crippen molar-refractivity contribution in [1.82, 2.24) is 5.32 Å². The molecule has 0 aliphatic carbocycles. The number of halogens is 3. The van der Waals surface area contributed by atoms with Gasteiger partial charge in [0.15, 0.2) is 0 Å². The van der Waals surface area contributed by atoms with E-state index in [1.807, 2.05) is 6.07 Å². The molecule has 10 heteroatoms. The standard InChI is InChI=1S/C23H23F3N4O3.C3H8/c1-13-6-5-9-16-18(13)29-22(33)20(28-19(16)14-7-3-2-4-8-14)30-21(32)15(12-17(27)31)10-11-23(24,25)26;1-3-2/h2-9,15,20H,10-12H2,1H3,(H2,27,31)(H,29,33)(H,30,32);3H2,1-2H3. The van der Waals surface area contributed by atoms with Crippen molar-refractivity contribution in [2.45, 2.75) is 58.8 Å². The van der Waals surface area contributed by atoms with Gasteiger partial charge in [0.2, 0.25) is 18.0 Å². The number of fused-ring (bicyclic) bond motifs is 1. The first kappa shape index (κ1) is 28.5. The summed E-state index contributed by atoms with van der Waals surface area (Å²) in [6.45, 7) is 6.06. The van der Waals surface area contributed by atoms with Gasteiger partial charge in [-0.25, -0.2) is 4.99 Å². The van der Waals surface area contributed by atoms with Crippen LogP contribution in [-0.2, 0) is 14.4 Å². The van der Waals surface area contributed by atoms with Crippen LogP contribution in [0, 0.1) is 12.8 Å². The SMILES string of the molecule is CCC.Cc1cccc2c1NC(=O)C(NC(=O)C(CCC(F)(F)F)CC(N)=O)N=C2c1ccccc1. The molecule has 2 unspecified atom stereocenters. The molecule has 0 spiro atoms. The summed E-state index contributed by atoms with van der Waals surface area (Å²) in [7, 11) is 0. The molecule has 36 heavy (non-hydrogen) atoms. The molecule has 3 amide bonds. The highest BCUT2D eigenvalue weighted by molar-refractivity contribution is 6.20. The van der Waals surface area contributed by atoms with Crippen molar-refractivity contribution in [3.63, 3.8) is 0 Å². The first-order chi connectivity index (χ1) is 17.0. The zero-order valence-electron chi connectivity index (χ0n) is 20.5. The number of carbonyl (C=O) groups excluding carboxylic acids is 3. The van der Waals surface area contributed by atoms with Gasteiger partial charge in [-0.15, -0.1) is 0 Å². The molecule has 1 aliphatic rings. The average Bonchev–Trinajstić information content (AvgIpc) is 2.94. The molecular weight excluding hydrogens is 473 g/mol. The van der Waals surface area contributed by atoms with E-state index in [4.69, 9.17) is 5.73 Å². The molecule has 1 heterocycles. The number of aryl methyl sites for hydroxylation is 1. The molecule has 7 nitrogen and oxygen atoms in total. The highest BCUT2D eigenvalue weighted by atomic mass is 19.4. The minimum absolute atomic E-state index is 0.430. The maximum atomic E-state index is 12.9. The minimum atomic E-state index is -4.51. The Morgan fingerprint density at radius 3 is 2.33 bits per heavy atom. The van der Waals surface area contributed by atoms with Crippen LogP contribution in [0.2, 0.25) is 0 Å². The smallest absolute Gasteiger partial charge is 0.370 e. The Hall–Kier alpha value is -3.69. The fourth-order valence-electron chi connectivity index (χ4n) is 3.56. The van der Waals surface area contributed by atoms with E-state index < -0.39 is 55.2 Å². The molecule has 2 aromatic carbocycles. The van der Waals surface area contributed by atoms with Crippen molar-refractivity contribution < 1.29 is 27.6 Å². The van der Waals surface area contributed by atoms with Crippen LogP contribution in [0.4, 0.5) is 18.9 Å². The zero-order valence-corrected chi connectivity index (χ0v) is 20.5. The normalized spacial score (nSPS) is 15.8. The summed E-state index contributed by atoms with van der Waals surface area (Å²) in [5, 5.41) is 5.13. The van der Waals surface area contributed by atoms with Gasteiger partial charge >= 0.3 is 6.18 Å². The Morgan fingerprint density at radius 2 is 1.75 bits per heavy atom. The van der Waals surface area contributed by atoms with E-state index in [0.29, 0.717) is 22.5 Å². The van der Waals surface area contributed by atoms with Crippen LogP contribution in [-0.4, -0.2) is 35.8 Å². The van der Waals surface area contributed by atoms with Crippen molar-refractivity contribution in [1.29, 1.82) is 0 Å². The van der Waals surface area contributed by atoms with E-state index >= 15 is 0 Å². The fourth-order valence-corrected chi connectivity index (χ4v) is 3.56. The van der Waals surface area contributed by atoms with Crippen LogP contribution in [0.1, 0.15) is 56.2 Å². The van der Waals surface area contributed by atoms with Crippen LogP contribution >= 0.6 is 0 Å². The molecule has 2 aromatic rings. The number of nitrogens with one attached hydrogen (secondary N) is 2. The highest BCUT2D eigenvalue weighted by Gasteiger charge is 2.34. The second-order valence-electron chi connectivity index (χ2n) is 8.47. The number of nitrogens with two attached hydrogens (primary N) is 1. The maximum absolute atomic E-state index is 12.9. The average molecular weight is 505 g/mol. The van der Waals surface area contributed by atoms with E-state index in [1.165, 1.54) is 6.42 Å².